The zero-order chi connectivity index (χ0) is 89.3. The Morgan fingerprint density at radius 2 is 0.880 bits per heavy atom. The molecule has 8 fully saturated rings. The van der Waals surface area contributed by atoms with E-state index >= 15 is 0 Å². The summed E-state index contributed by atoms with van der Waals surface area (Å²) in [5, 5.41) is 25.7. The largest absolute Gasteiger partial charge is 0.443 e. The summed E-state index contributed by atoms with van der Waals surface area (Å²) in [6.45, 7) is 18.7. The zero-order valence-electron chi connectivity index (χ0n) is 69.2. The summed E-state index contributed by atoms with van der Waals surface area (Å²) >= 11 is 34.3. The molecule has 2 radical (unpaired) electrons. The van der Waals surface area contributed by atoms with E-state index in [1.54, 1.807) is 58.0 Å². The second kappa shape index (κ2) is 53.6. The molecule has 0 atom stereocenters. The third-order valence-electron chi connectivity index (χ3n) is 19.1. The number of halogens is 6. The number of nitrogens with zero attached hydrogens (tertiary/aromatic N) is 20. The molecule has 0 aliphatic carbocycles. The molecule has 51 heteroatoms. The molecule has 8 saturated heterocycles. The van der Waals surface area contributed by atoms with E-state index in [1.165, 1.54) is 14.8 Å². The number of carbonyl (C=O) groups is 5. The second-order valence-corrected chi connectivity index (χ2v) is 31.0. The molecule has 125 heavy (non-hydrogen) atoms. The minimum absolute atomic E-state index is 0.0370. The predicted octanol–water partition coefficient (Wildman–Crippen LogP) is 6.66. The topological polar surface area (TPSA) is 556 Å². The number of ether oxygens (including phenoxy) is 9. The molecular formula is C74H101B2Cl6N29O14. The molecule has 43 nitrogen and oxygen atoms in total. The van der Waals surface area contributed by atoms with Gasteiger partial charge < -0.3 is 73.9 Å². The molecule has 0 saturated carbocycles. The van der Waals surface area contributed by atoms with Crippen LogP contribution in [0.25, 0.3) is 55.6 Å². The molecule has 674 valence electrons. The fourth-order valence-electron chi connectivity index (χ4n) is 12.7. The van der Waals surface area contributed by atoms with Gasteiger partial charge in [-0.2, -0.15) is 30.2 Å². The Balaban J connectivity index is 0.000000166. The number of carbonyl (C=O) groups excluding carboxylic acids is 5. The lowest BCUT2D eigenvalue weighted by Gasteiger charge is -2.27. The quantitative estimate of drug-likeness (QED) is 0.00757. The maximum atomic E-state index is 10.4. The van der Waals surface area contributed by atoms with Gasteiger partial charge in [0.2, 0.25) is 33.7 Å². The summed E-state index contributed by atoms with van der Waals surface area (Å²) in [5.41, 5.74) is 24.6. The standard InChI is InChI=1S/C18H22N8O2.C14H14ClN7O.C10H10Cl2N4O.C6H12BN2O2.C6H10BN2O2.C5HCl3N2O.C5H12N2O2.C5H12N2O.C5H8O2/c19-17-20-9-12(10-21-17)15-14-11-22-26(13-1-5-27-6-2-13)16(14)24-18(23-15)25-3-7-28-8-4-25;15-13-20-11(8-5-17-14(16)18-6-8)10-7-19-22(12(10)21-13)9-1-3-23-4-2-9;11-8-7-5-13-16(6-1-3-17-4-2-6)9(7)15-10(12)14-8;2*10-5-7-9-8-6-1-3-11-4-2-6;6-3-2(1-11)4(7)10-5(8)9-3;1-5(2,3)9-4(8)7-6;6-7-5-1-3-8-4-2-5;6-5-1-3-7-4-2-5/h9-11,13H,1-8H2,(H2,19,20,21);5-7,9H,1-4H2,(H2,16,17,18);5-6H,1-4H2;5-6,8-9H,1-4H2;5,9H,1-4H2;1H;6H2,1-3H3,(H,7,8);5,7H,1-4,6H2;1-4H2. The molecule has 0 spiro atoms. The van der Waals surface area contributed by atoms with Crippen molar-refractivity contribution in [1.29, 1.82) is 0 Å². The van der Waals surface area contributed by atoms with E-state index in [4.69, 9.17) is 145 Å². The normalized spacial score (nSPS) is 17.2. The van der Waals surface area contributed by atoms with Crippen molar-refractivity contribution in [3.8, 4) is 22.5 Å². The Labute approximate surface area is 751 Å². The number of morpholine rings is 1. The molecule has 1 amide bonds. The number of hydrogen-bond donors (Lipinski definition) is 9. The molecule has 17 heterocycles. The number of hydrazine groups is 3. The van der Waals surface area contributed by atoms with Gasteiger partial charge in [-0.25, -0.2) is 74.6 Å². The Bertz CT molecular complexity index is 4810. The monoisotopic (exact) mass is 1850 g/mol. The number of rotatable bonds is 15. The number of anilines is 3. The smallest absolute Gasteiger partial charge is 0.421 e. The van der Waals surface area contributed by atoms with Gasteiger partial charge in [-0.05, 0) is 120 Å². The fourth-order valence-corrected chi connectivity index (χ4v) is 14.0. The maximum Gasteiger partial charge on any atom is 0.421 e. The number of ketones is 1. The van der Waals surface area contributed by atoms with Crippen molar-refractivity contribution in [1.82, 2.24) is 116 Å². The number of hydrazone groups is 1. The first-order chi connectivity index (χ1) is 60.6. The van der Waals surface area contributed by atoms with Gasteiger partial charge in [-0.15, -0.1) is 0 Å². The van der Waals surface area contributed by atoms with Crippen LogP contribution in [-0.2, 0) is 57.0 Å². The lowest BCUT2D eigenvalue weighted by Crippen LogP contribution is -2.45. The van der Waals surface area contributed by atoms with Crippen LogP contribution in [0.15, 0.2) is 48.5 Å². The highest BCUT2D eigenvalue weighted by Crippen LogP contribution is 2.35. The van der Waals surface area contributed by atoms with Crippen LogP contribution in [0.4, 0.5) is 22.6 Å². The summed E-state index contributed by atoms with van der Waals surface area (Å²) in [6.07, 6.45) is 25.7. The average Bonchev–Trinajstić information content (AvgIpc) is 1.64. The zero-order valence-corrected chi connectivity index (χ0v) is 73.7. The van der Waals surface area contributed by atoms with E-state index in [1.807, 2.05) is 25.7 Å². The number of Topliss-reactive ketones (excluding diaryl/α,β-unsaturated/α-hetero) is 1. The van der Waals surface area contributed by atoms with Gasteiger partial charge in [0.05, 0.1) is 116 Å². The Morgan fingerprint density at radius 3 is 1.30 bits per heavy atom. The Kier molecular flexibility index (Phi) is 42.8. The minimum atomic E-state index is -0.609. The van der Waals surface area contributed by atoms with E-state index in [0.717, 1.165) is 214 Å². The van der Waals surface area contributed by atoms with Crippen molar-refractivity contribution in [2.75, 3.05) is 135 Å². The van der Waals surface area contributed by atoms with Gasteiger partial charge in [0.1, 0.15) is 33.0 Å². The SMILES string of the molecule is CC(C)(C)OC(=O)NN.Clc1nc(Cl)c2cnn(C3CCOCC3)c2n1.NNC1CCOCC1.Nc1ncc(-c2nc(Cl)nc3c2cnn3C2CCOCC2)cn1.Nc1ncc(-c2nc(N3CCOCC3)nc3c2cnn3C2CCOCC2)cn1.O=C1CCOCC1.O=C[B]NN=C1CCOCC1.O=C[B]NNC1CCOCC1.O=Cc1c(Cl)nc(Cl)nc1Cl. The van der Waals surface area contributed by atoms with Crippen molar-refractivity contribution in [3.05, 3.63) is 80.3 Å². The maximum absolute atomic E-state index is 10.4. The summed E-state index contributed by atoms with van der Waals surface area (Å²) in [6, 6.07) is 1.74. The number of nitrogens with one attached hydrogen (secondary N) is 5. The van der Waals surface area contributed by atoms with E-state index in [0.29, 0.717) is 110 Å². The summed E-state index contributed by atoms with van der Waals surface area (Å²) < 4.78 is 52.5. The number of nitrogens with two attached hydrogens (primary N) is 4. The Morgan fingerprint density at radius 1 is 0.488 bits per heavy atom. The summed E-state index contributed by atoms with van der Waals surface area (Å²) in [4.78, 5) is 103. The predicted molar refractivity (Wildman–Crippen MR) is 470 cm³/mol. The van der Waals surface area contributed by atoms with E-state index in [2.05, 4.69) is 96.7 Å². The summed E-state index contributed by atoms with van der Waals surface area (Å²) in [7, 11) is 2.61. The number of amides is 1. The van der Waals surface area contributed by atoms with Gasteiger partial charge in [0, 0.05) is 159 Å². The van der Waals surface area contributed by atoms with E-state index in [-0.39, 0.29) is 55.7 Å². The lowest BCUT2D eigenvalue weighted by molar-refractivity contribution is -0.124. The molecule has 0 aromatic carbocycles. The van der Waals surface area contributed by atoms with Gasteiger partial charge in [0.25, 0.3) is 0 Å². The molecule has 0 unspecified atom stereocenters. The number of aromatic nitrogens is 18. The second-order valence-electron chi connectivity index (χ2n) is 28.9. The van der Waals surface area contributed by atoms with E-state index < -0.39 is 11.7 Å². The first-order valence-electron chi connectivity index (χ1n) is 40.2. The van der Waals surface area contributed by atoms with Crippen LogP contribution in [0.3, 0.4) is 0 Å². The van der Waals surface area contributed by atoms with Crippen LogP contribution < -0.4 is 55.0 Å². The molecule has 0 bridgehead atoms. The number of hydrogen-bond acceptors (Lipinski definition) is 39. The third kappa shape index (κ3) is 33.0. The number of aldehydes is 1. The molecule has 8 aliphatic heterocycles. The molecular weight excluding hydrogens is 1750 g/mol. The van der Waals surface area contributed by atoms with Gasteiger partial charge in [-0.3, -0.25) is 37.0 Å². The minimum Gasteiger partial charge on any atom is -0.443 e. The highest BCUT2D eigenvalue weighted by atomic mass is 35.5. The molecule has 17 rings (SSSR count). The molecule has 9 aromatic rings. The Hall–Kier alpha value is -8.94. The molecule has 13 N–H and O–H groups in total. The van der Waals surface area contributed by atoms with Crippen LogP contribution in [0.1, 0.15) is 139 Å². The van der Waals surface area contributed by atoms with Crippen molar-refractivity contribution < 1.29 is 66.6 Å². The highest BCUT2D eigenvalue weighted by molar-refractivity contribution is 6.64. The van der Waals surface area contributed by atoms with Crippen LogP contribution >= 0.6 is 69.6 Å². The van der Waals surface area contributed by atoms with Crippen LogP contribution in [-0.4, -0.2) is 277 Å². The van der Waals surface area contributed by atoms with Crippen LogP contribution in [0, 0.1) is 0 Å². The van der Waals surface area contributed by atoms with Crippen molar-refractivity contribution >= 4 is 172 Å². The van der Waals surface area contributed by atoms with Crippen molar-refractivity contribution in [3.63, 3.8) is 0 Å². The van der Waals surface area contributed by atoms with Gasteiger partial charge in [0.15, 0.2) is 23.2 Å². The number of nitrogen functional groups attached to an aromatic ring is 2. The fraction of sp³-hybridized carbons (Fsp3) is 0.554. The lowest BCUT2D eigenvalue weighted by atomic mass is 10.0. The first-order valence-corrected chi connectivity index (χ1v) is 42.5. The number of fused-ring (bicyclic) bond motifs is 3. The molecule has 9 aromatic heterocycles. The molecule has 8 aliphatic rings. The van der Waals surface area contributed by atoms with Gasteiger partial charge >= 0.3 is 20.9 Å². The summed E-state index contributed by atoms with van der Waals surface area (Å²) in [5.74, 6) is 11.4. The van der Waals surface area contributed by atoms with Gasteiger partial charge in [-0.1, -0.05) is 34.8 Å². The van der Waals surface area contributed by atoms with Crippen molar-refractivity contribution in [2.45, 2.75) is 146 Å². The third-order valence-corrected chi connectivity index (χ3v) is 20.5. The average molecular weight is 1860 g/mol. The highest BCUT2D eigenvalue weighted by Gasteiger charge is 2.28. The van der Waals surface area contributed by atoms with Crippen molar-refractivity contribution in [2.24, 2.45) is 16.8 Å². The first kappa shape index (κ1) is 99.8. The van der Waals surface area contributed by atoms with E-state index in [9.17, 15) is 24.0 Å². The van der Waals surface area contributed by atoms with Crippen LogP contribution in [0.5, 0.6) is 0 Å². The van der Waals surface area contributed by atoms with Crippen LogP contribution in [0.2, 0.25) is 31.3 Å².